The molecule has 80 valence electrons. The summed E-state index contributed by atoms with van der Waals surface area (Å²) in [5.41, 5.74) is 5.57. The molecule has 3 N–H and O–H groups in total. The zero-order chi connectivity index (χ0) is 11.3. The van der Waals surface area contributed by atoms with Crippen molar-refractivity contribution in [2.75, 3.05) is 6.61 Å². The molecule has 1 rings (SSSR count). The van der Waals surface area contributed by atoms with Crippen LogP contribution in [-0.2, 0) is 16.0 Å². The molecule has 0 spiro atoms. The first-order valence-corrected chi connectivity index (χ1v) is 4.30. The SMILES string of the molecule is NC(=O)COc1ccc(CC(=O)O)cc1. The fourth-order valence-electron chi connectivity index (χ4n) is 1.03. The Hall–Kier alpha value is -2.04. The van der Waals surface area contributed by atoms with E-state index < -0.39 is 11.9 Å². The van der Waals surface area contributed by atoms with Crippen LogP contribution >= 0.6 is 0 Å². The second-order valence-corrected chi connectivity index (χ2v) is 2.97. The van der Waals surface area contributed by atoms with Gasteiger partial charge in [-0.25, -0.2) is 0 Å². The standard InChI is InChI=1S/C10H11NO4/c11-9(12)6-15-8-3-1-7(2-4-8)5-10(13)14/h1-4H,5-6H2,(H2,11,12)(H,13,14). The zero-order valence-corrected chi connectivity index (χ0v) is 7.97. The van der Waals surface area contributed by atoms with Crippen molar-refractivity contribution in [1.29, 1.82) is 0 Å². The molecule has 0 heterocycles. The Labute approximate surface area is 86.5 Å². The summed E-state index contributed by atoms with van der Waals surface area (Å²) < 4.78 is 5.01. The highest BCUT2D eigenvalue weighted by Crippen LogP contribution is 2.12. The van der Waals surface area contributed by atoms with Crippen molar-refractivity contribution in [1.82, 2.24) is 0 Å². The lowest BCUT2D eigenvalue weighted by Crippen LogP contribution is -2.19. The van der Waals surface area contributed by atoms with Crippen LogP contribution in [0, 0.1) is 0 Å². The van der Waals surface area contributed by atoms with Crippen molar-refractivity contribution in [3.8, 4) is 5.75 Å². The van der Waals surface area contributed by atoms with Crippen molar-refractivity contribution in [3.63, 3.8) is 0 Å². The van der Waals surface area contributed by atoms with Gasteiger partial charge in [-0.3, -0.25) is 9.59 Å². The van der Waals surface area contributed by atoms with Crippen LogP contribution in [0.1, 0.15) is 5.56 Å². The van der Waals surface area contributed by atoms with Gasteiger partial charge in [0.05, 0.1) is 6.42 Å². The van der Waals surface area contributed by atoms with E-state index in [4.69, 9.17) is 15.6 Å². The Morgan fingerprint density at radius 1 is 1.27 bits per heavy atom. The van der Waals surface area contributed by atoms with Crippen LogP contribution in [0.3, 0.4) is 0 Å². The first kappa shape index (κ1) is 11.0. The number of primary amides is 1. The monoisotopic (exact) mass is 209 g/mol. The average Bonchev–Trinajstić information content (AvgIpc) is 2.16. The first-order valence-electron chi connectivity index (χ1n) is 4.30. The summed E-state index contributed by atoms with van der Waals surface area (Å²) in [7, 11) is 0. The third kappa shape index (κ3) is 4.12. The largest absolute Gasteiger partial charge is 0.484 e. The Balaban J connectivity index is 2.56. The van der Waals surface area contributed by atoms with Crippen molar-refractivity contribution in [2.24, 2.45) is 5.73 Å². The molecular weight excluding hydrogens is 198 g/mol. The molecule has 1 aromatic rings. The van der Waals surface area contributed by atoms with E-state index in [1.807, 2.05) is 0 Å². The summed E-state index contributed by atoms with van der Waals surface area (Å²) in [5, 5.41) is 8.52. The second-order valence-electron chi connectivity index (χ2n) is 2.97. The minimum atomic E-state index is -0.888. The molecule has 1 aromatic carbocycles. The molecule has 0 aliphatic heterocycles. The zero-order valence-electron chi connectivity index (χ0n) is 7.97. The fourth-order valence-corrected chi connectivity index (χ4v) is 1.03. The van der Waals surface area contributed by atoms with Crippen LogP contribution in [0.25, 0.3) is 0 Å². The number of hydrogen-bond acceptors (Lipinski definition) is 3. The maximum Gasteiger partial charge on any atom is 0.307 e. The minimum absolute atomic E-state index is 0.0316. The van der Waals surface area contributed by atoms with Gasteiger partial charge in [0.2, 0.25) is 0 Å². The van der Waals surface area contributed by atoms with Gasteiger partial charge in [-0.15, -0.1) is 0 Å². The van der Waals surface area contributed by atoms with Crippen LogP contribution in [0.15, 0.2) is 24.3 Å². The van der Waals surface area contributed by atoms with Crippen molar-refractivity contribution in [3.05, 3.63) is 29.8 Å². The molecular formula is C10H11NO4. The van der Waals surface area contributed by atoms with E-state index in [0.29, 0.717) is 11.3 Å². The molecule has 0 unspecified atom stereocenters. The van der Waals surface area contributed by atoms with Gasteiger partial charge >= 0.3 is 5.97 Å². The lowest BCUT2D eigenvalue weighted by atomic mass is 10.1. The summed E-state index contributed by atoms with van der Waals surface area (Å²) in [4.78, 5) is 20.8. The fraction of sp³-hybridized carbons (Fsp3) is 0.200. The Kier molecular flexibility index (Phi) is 3.68. The number of carbonyl (C=O) groups excluding carboxylic acids is 1. The summed E-state index contributed by atoms with van der Waals surface area (Å²) in [6.45, 7) is -0.182. The number of carboxylic acids is 1. The summed E-state index contributed by atoms with van der Waals surface area (Å²) in [6.07, 6.45) is -0.0316. The highest BCUT2D eigenvalue weighted by Gasteiger charge is 2.01. The first-order chi connectivity index (χ1) is 7.08. The number of benzene rings is 1. The number of hydrogen-bond donors (Lipinski definition) is 2. The van der Waals surface area contributed by atoms with E-state index in [2.05, 4.69) is 0 Å². The van der Waals surface area contributed by atoms with Crippen molar-refractivity contribution in [2.45, 2.75) is 6.42 Å². The Morgan fingerprint density at radius 2 is 1.87 bits per heavy atom. The van der Waals surface area contributed by atoms with Crippen molar-refractivity contribution >= 4 is 11.9 Å². The van der Waals surface area contributed by atoms with Gasteiger partial charge in [0.25, 0.3) is 5.91 Å². The van der Waals surface area contributed by atoms with Crippen LogP contribution in [0.4, 0.5) is 0 Å². The molecule has 0 fully saturated rings. The number of rotatable bonds is 5. The predicted octanol–water partition coefficient (Wildman–Crippen LogP) is 0.178. The molecule has 0 bridgehead atoms. The lowest BCUT2D eigenvalue weighted by Gasteiger charge is -2.03. The maximum absolute atomic E-state index is 10.4. The van der Waals surface area contributed by atoms with Gasteiger partial charge in [-0.2, -0.15) is 0 Å². The minimum Gasteiger partial charge on any atom is -0.484 e. The summed E-state index contributed by atoms with van der Waals surface area (Å²) in [5.74, 6) is -0.951. The second kappa shape index (κ2) is 4.99. The Bertz CT molecular complexity index is 358. The topological polar surface area (TPSA) is 89.6 Å². The molecule has 0 saturated carbocycles. The third-order valence-corrected chi connectivity index (χ3v) is 1.66. The molecule has 0 aliphatic carbocycles. The number of ether oxygens (including phenoxy) is 1. The number of aliphatic carboxylic acids is 1. The van der Waals surface area contributed by atoms with E-state index in [1.54, 1.807) is 24.3 Å². The van der Waals surface area contributed by atoms with E-state index in [0.717, 1.165) is 0 Å². The van der Waals surface area contributed by atoms with Gasteiger partial charge in [-0.1, -0.05) is 12.1 Å². The van der Waals surface area contributed by atoms with E-state index >= 15 is 0 Å². The molecule has 0 saturated heterocycles. The van der Waals surface area contributed by atoms with Crippen molar-refractivity contribution < 1.29 is 19.4 Å². The third-order valence-electron chi connectivity index (χ3n) is 1.66. The number of carboxylic acid groups (broad SMARTS) is 1. The highest BCUT2D eigenvalue weighted by atomic mass is 16.5. The lowest BCUT2D eigenvalue weighted by molar-refractivity contribution is -0.136. The molecule has 1 amide bonds. The molecule has 0 atom stereocenters. The molecule has 5 heteroatoms. The normalized spacial score (nSPS) is 9.60. The van der Waals surface area contributed by atoms with Gasteiger partial charge in [0, 0.05) is 0 Å². The van der Waals surface area contributed by atoms with Crippen LogP contribution in [-0.4, -0.2) is 23.6 Å². The summed E-state index contributed by atoms with van der Waals surface area (Å²) in [6, 6.07) is 6.46. The molecule has 15 heavy (non-hydrogen) atoms. The molecule has 5 nitrogen and oxygen atoms in total. The molecule has 0 aromatic heterocycles. The van der Waals surface area contributed by atoms with Gasteiger partial charge in [0.15, 0.2) is 6.61 Å². The van der Waals surface area contributed by atoms with E-state index in [1.165, 1.54) is 0 Å². The van der Waals surface area contributed by atoms with Gasteiger partial charge < -0.3 is 15.6 Å². The average molecular weight is 209 g/mol. The van der Waals surface area contributed by atoms with E-state index in [9.17, 15) is 9.59 Å². The quantitative estimate of drug-likeness (QED) is 0.723. The van der Waals surface area contributed by atoms with Crippen LogP contribution < -0.4 is 10.5 Å². The smallest absolute Gasteiger partial charge is 0.307 e. The highest BCUT2D eigenvalue weighted by molar-refractivity contribution is 5.75. The predicted molar refractivity (Wildman–Crippen MR) is 52.5 cm³/mol. The van der Waals surface area contributed by atoms with E-state index in [-0.39, 0.29) is 13.0 Å². The van der Waals surface area contributed by atoms with Crippen LogP contribution in [0.5, 0.6) is 5.75 Å². The Morgan fingerprint density at radius 3 is 2.33 bits per heavy atom. The maximum atomic E-state index is 10.4. The number of carbonyl (C=O) groups is 2. The van der Waals surface area contributed by atoms with Crippen LogP contribution in [0.2, 0.25) is 0 Å². The summed E-state index contributed by atoms with van der Waals surface area (Å²) >= 11 is 0. The van der Waals surface area contributed by atoms with Gasteiger partial charge in [-0.05, 0) is 17.7 Å². The molecule has 0 radical (unpaired) electrons. The molecule has 0 aliphatic rings. The number of amides is 1. The van der Waals surface area contributed by atoms with Gasteiger partial charge in [0.1, 0.15) is 5.75 Å². The number of nitrogens with two attached hydrogens (primary N) is 1.